The van der Waals surface area contributed by atoms with Crippen LogP contribution < -0.4 is 0 Å². The molecule has 8 heteroatoms. The molecule has 2 saturated heterocycles. The molecule has 2 amide bonds. The first kappa shape index (κ1) is 17.6. The molecule has 0 aromatic carbocycles. The minimum atomic E-state index is -0.276. The number of carbonyl (C=O) groups excluding carboxylic acids is 2. The summed E-state index contributed by atoms with van der Waals surface area (Å²) < 4.78 is 0. The summed E-state index contributed by atoms with van der Waals surface area (Å²) in [6, 6.07) is 3.76. The van der Waals surface area contributed by atoms with Crippen LogP contribution in [0.25, 0.3) is 0 Å². The highest BCUT2D eigenvalue weighted by Crippen LogP contribution is 2.44. The lowest BCUT2D eigenvalue weighted by molar-refractivity contribution is -0.133. The zero-order chi connectivity index (χ0) is 19.0. The van der Waals surface area contributed by atoms with Crippen molar-refractivity contribution in [1.82, 2.24) is 30.0 Å². The van der Waals surface area contributed by atoms with Gasteiger partial charge < -0.3 is 9.80 Å². The molecule has 27 heavy (non-hydrogen) atoms. The monoisotopic (exact) mass is 368 g/mol. The number of hydrogen-bond acceptors (Lipinski definition) is 5. The van der Waals surface area contributed by atoms with E-state index in [2.05, 4.69) is 20.2 Å². The summed E-state index contributed by atoms with van der Waals surface area (Å²) in [5, 5.41) is 7.35. The Balaban J connectivity index is 1.55. The second kappa shape index (κ2) is 6.75. The highest BCUT2D eigenvalue weighted by atomic mass is 16.2. The molecule has 0 spiro atoms. The van der Waals surface area contributed by atoms with E-state index in [0.29, 0.717) is 32.6 Å². The predicted octanol–water partition coefficient (Wildman–Crippen LogP) is 0.699. The van der Waals surface area contributed by atoms with Gasteiger partial charge in [0.15, 0.2) is 5.82 Å². The number of H-pyrrole nitrogens is 1. The molecule has 0 radical (unpaired) electrons. The first-order valence-corrected chi connectivity index (χ1v) is 9.29. The van der Waals surface area contributed by atoms with Crippen LogP contribution >= 0.6 is 0 Å². The van der Waals surface area contributed by atoms with Crippen molar-refractivity contribution in [3.8, 4) is 0 Å². The number of piperidine rings is 1. The van der Waals surface area contributed by atoms with E-state index in [4.69, 9.17) is 0 Å². The molecule has 2 fully saturated rings. The number of amides is 2. The maximum atomic E-state index is 12.8. The van der Waals surface area contributed by atoms with E-state index in [1.807, 2.05) is 28.9 Å². The summed E-state index contributed by atoms with van der Waals surface area (Å²) in [5.74, 6) is 1.85. The van der Waals surface area contributed by atoms with Gasteiger partial charge in [0.25, 0.3) is 0 Å². The largest absolute Gasteiger partial charge is 0.342 e. The van der Waals surface area contributed by atoms with Gasteiger partial charge in [-0.05, 0) is 25.0 Å². The second-order valence-corrected chi connectivity index (χ2v) is 7.62. The average Bonchev–Trinajstić information content (AvgIpc) is 3.26. The van der Waals surface area contributed by atoms with Crippen molar-refractivity contribution in [2.75, 3.05) is 26.2 Å². The minimum absolute atomic E-state index is 0.0595. The minimum Gasteiger partial charge on any atom is -0.342 e. The van der Waals surface area contributed by atoms with Crippen LogP contribution in [-0.2, 0) is 21.4 Å². The van der Waals surface area contributed by atoms with Crippen LogP contribution in [0.4, 0.5) is 0 Å². The average molecular weight is 368 g/mol. The fourth-order valence-corrected chi connectivity index (χ4v) is 4.37. The molecule has 1 N–H and O–H groups in total. The van der Waals surface area contributed by atoms with Gasteiger partial charge in [-0.1, -0.05) is 6.07 Å². The van der Waals surface area contributed by atoms with Crippen molar-refractivity contribution in [3.63, 3.8) is 0 Å². The first-order chi connectivity index (χ1) is 13.0. The number of aromatic nitrogens is 4. The Bertz CT molecular complexity index is 851. The molecule has 4 heterocycles. The summed E-state index contributed by atoms with van der Waals surface area (Å²) >= 11 is 0. The molecule has 2 aromatic heterocycles. The fraction of sp³-hybridized carbons (Fsp3) is 0.526. The summed E-state index contributed by atoms with van der Waals surface area (Å²) in [6.45, 7) is 6.01. The van der Waals surface area contributed by atoms with E-state index < -0.39 is 0 Å². The molecule has 2 aliphatic heterocycles. The van der Waals surface area contributed by atoms with E-state index in [-0.39, 0.29) is 23.1 Å². The molecule has 2 aliphatic rings. The number of likely N-dealkylation sites (tertiary alicyclic amines) is 2. The molecular weight excluding hydrogens is 344 g/mol. The molecule has 2 aromatic rings. The van der Waals surface area contributed by atoms with Gasteiger partial charge in [-0.2, -0.15) is 5.10 Å². The smallest absolute Gasteiger partial charge is 0.227 e. The van der Waals surface area contributed by atoms with E-state index in [1.54, 1.807) is 19.3 Å². The molecular formula is C19H24N6O2. The van der Waals surface area contributed by atoms with Crippen molar-refractivity contribution in [2.45, 2.75) is 32.1 Å². The van der Waals surface area contributed by atoms with Crippen molar-refractivity contribution in [2.24, 2.45) is 5.92 Å². The van der Waals surface area contributed by atoms with Crippen molar-refractivity contribution < 1.29 is 9.59 Å². The summed E-state index contributed by atoms with van der Waals surface area (Å²) in [7, 11) is 0. The van der Waals surface area contributed by atoms with Crippen LogP contribution in [0, 0.1) is 12.8 Å². The van der Waals surface area contributed by atoms with Gasteiger partial charge in [-0.15, -0.1) is 0 Å². The summed E-state index contributed by atoms with van der Waals surface area (Å²) in [4.78, 5) is 37.3. The number of fused-ring (bicyclic) bond motifs is 1. The third kappa shape index (κ3) is 3.20. The van der Waals surface area contributed by atoms with Gasteiger partial charge in [-0.3, -0.25) is 19.7 Å². The second-order valence-electron chi connectivity index (χ2n) is 7.62. The van der Waals surface area contributed by atoms with Crippen LogP contribution in [0.5, 0.6) is 0 Å². The highest BCUT2D eigenvalue weighted by molar-refractivity contribution is 5.79. The van der Waals surface area contributed by atoms with Crippen molar-refractivity contribution >= 4 is 11.8 Å². The Labute approximate surface area is 158 Å². The Kier molecular flexibility index (Phi) is 4.41. The lowest BCUT2D eigenvalue weighted by Crippen LogP contribution is -2.52. The summed E-state index contributed by atoms with van der Waals surface area (Å²) in [6.07, 6.45) is 4.55. The number of rotatable bonds is 3. The zero-order valence-electron chi connectivity index (χ0n) is 15.7. The molecule has 0 bridgehead atoms. The van der Waals surface area contributed by atoms with E-state index in [1.165, 1.54) is 0 Å². The van der Waals surface area contributed by atoms with Crippen LogP contribution in [-0.4, -0.2) is 68.0 Å². The maximum absolute atomic E-state index is 12.8. The predicted molar refractivity (Wildman–Crippen MR) is 97.7 cm³/mol. The van der Waals surface area contributed by atoms with Gasteiger partial charge >= 0.3 is 0 Å². The number of pyridine rings is 1. The number of carbonyl (C=O) groups is 2. The Morgan fingerprint density at radius 3 is 2.81 bits per heavy atom. The highest BCUT2D eigenvalue weighted by Gasteiger charge is 2.54. The molecule has 8 nitrogen and oxygen atoms in total. The Morgan fingerprint density at radius 1 is 1.33 bits per heavy atom. The SMILES string of the molecule is CC(=O)N1C[C@H]2CN(C(=O)Cc3cccnc3)CC[C@@]2(c2n[nH]c(C)n2)C1. The van der Waals surface area contributed by atoms with Gasteiger partial charge in [0, 0.05) is 51.4 Å². The normalized spacial score (nSPS) is 24.7. The van der Waals surface area contributed by atoms with Crippen LogP contribution in [0.2, 0.25) is 0 Å². The third-order valence-corrected chi connectivity index (χ3v) is 5.88. The number of nitrogens with zero attached hydrogens (tertiary/aromatic N) is 5. The summed E-state index contributed by atoms with van der Waals surface area (Å²) in [5.41, 5.74) is 0.641. The topological polar surface area (TPSA) is 95.1 Å². The maximum Gasteiger partial charge on any atom is 0.227 e. The molecule has 4 rings (SSSR count). The Hall–Kier alpha value is -2.77. The van der Waals surface area contributed by atoms with Crippen LogP contribution in [0.3, 0.4) is 0 Å². The van der Waals surface area contributed by atoms with Crippen LogP contribution in [0.15, 0.2) is 24.5 Å². The van der Waals surface area contributed by atoms with Gasteiger partial charge in [0.05, 0.1) is 11.8 Å². The van der Waals surface area contributed by atoms with Crippen LogP contribution in [0.1, 0.15) is 30.6 Å². The third-order valence-electron chi connectivity index (χ3n) is 5.88. The molecule has 0 unspecified atom stereocenters. The zero-order valence-corrected chi connectivity index (χ0v) is 15.7. The van der Waals surface area contributed by atoms with Crippen molar-refractivity contribution in [3.05, 3.63) is 41.7 Å². The van der Waals surface area contributed by atoms with Gasteiger partial charge in [0.1, 0.15) is 5.82 Å². The number of hydrogen-bond donors (Lipinski definition) is 1. The number of nitrogens with one attached hydrogen (secondary N) is 1. The van der Waals surface area contributed by atoms with Crippen molar-refractivity contribution in [1.29, 1.82) is 0 Å². The molecule has 0 aliphatic carbocycles. The van der Waals surface area contributed by atoms with E-state index >= 15 is 0 Å². The van der Waals surface area contributed by atoms with Gasteiger partial charge in [-0.25, -0.2) is 4.98 Å². The quantitative estimate of drug-likeness (QED) is 0.860. The van der Waals surface area contributed by atoms with Gasteiger partial charge in [0.2, 0.25) is 11.8 Å². The fourth-order valence-electron chi connectivity index (χ4n) is 4.37. The lowest BCUT2D eigenvalue weighted by Gasteiger charge is -2.41. The Morgan fingerprint density at radius 2 is 2.15 bits per heavy atom. The number of aromatic amines is 1. The molecule has 0 saturated carbocycles. The molecule has 2 atom stereocenters. The lowest BCUT2D eigenvalue weighted by atomic mass is 9.72. The first-order valence-electron chi connectivity index (χ1n) is 9.29. The number of aryl methyl sites for hydroxylation is 1. The standard InChI is InChI=1S/C19H24N6O2/c1-13-21-18(23-22-13)19-5-7-24(10-16(19)11-25(12-19)14(2)26)17(27)8-15-4-3-6-20-9-15/h3-4,6,9,16H,5,7-8,10-12H2,1-2H3,(H,21,22,23)/t16-,19-/m1/s1. The van der Waals surface area contributed by atoms with E-state index in [9.17, 15) is 9.59 Å². The van der Waals surface area contributed by atoms with E-state index in [0.717, 1.165) is 23.6 Å². The molecule has 142 valence electrons.